The largest absolute Gasteiger partial charge is 0.388 e. The van der Waals surface area contributed by atoms with Crippen LogP contribution in [0.1, 0.15) is 6.42 Å². The van der Waals surface area contributed by atoms with Crippen molar-refractivity contribution >= 4 is 0 Å². The second-order valence-electron chi connectivity index (χ2n) is 4.32. The molecule has 0 saturated heterocycles. The molecule has 5 atom stereocenters. The van der Waals surface area contributed by atoms with E-state index in [4.69, 9.17) is 0 Å². The highest BCUT2D eigenvalue weighted by atomic mass is 16.3. The highest BCUT2D eigenvalue weighted by Gasteiger charge is 2.40. The summed E-state index contributed by atoms with van der Waals surface area (Å²) >= 11 is 0. The first-order valence-corrected chi connectivity index (χ1v) is 5.07. The maximum atomic E-state index is 9.85. The van der Waals surface area contributed by atoms with Crippen LogP contribution in [0.2, 0.25) is 0 Å². The van der Waals surface area contributed by atoms with Crippen LogP contribution in [0.4, 0.5) is 0 Å². The Labute approximate surface area is 78.5 Å². The maximum absolute atomic E-state index is 9.85. The third kappa shape index (κ3) is 0.969. The normalized spacial score (nSPS) is 51.0. The van der Waals surface area contributed by atoms with Crippen LogP contribution in [0, 0.1) is 23.7 Å². The average Bonchev–Trinajstić information content (AvgIpc) is 2.21. The Morgan fingerprint density at radius 3 is 2.46 bits per heavy atom. The Morgan fingerprint density at radius 2 is 1.69 bits per heavy atom. The molecule has 0 aromatic heterocycles. The van der Waals surface area contributed by atoms with Crippen molar-refractivity contribution in [2.24, 2.45) is 23.7 Å². The topological polar surface area (TPSA) is 20.2 Å². The Kier molecular flexibility index (Phi) is 1.50. The zero-order chi connectivity index (χ0) is 8.84. The lowest BCUT2D eigenvalue weighted by Gasteiger charge is -2.35. The minimum atomic E-state index is -0.265. The van der Waals surface area contributed by atoms with Crippen LogP contribution in [0.5, 0.6) is 0 Å². The smallest absolute Gasteiger partial charge is 0.0789 e. The van der Waals surface area contributed by atoms with Gasteiger partial charge < -0.3 is 5.11 Å². The zero-order valence-corrected chi connectivity index (χ0v) is 7.51. The molecule has 3 aliphatic carbocycles. The first-order chi connectivity index (χ1) is 6.36. The van der Waals surface area contributed by atoms with E-state index in [1.807, 2.05) is 6.08 Å². The van der Waals surface area contributed by atoms with Crippen molar-refractivity contribution in [3.63, 3.8) is 0 Å². The summed E-state index contributed by atoms with van der Waals surface area (Å²) in [6, 6.07) is 0. The van der Waals surface area contributed by atoms with Crippen LogP contribution in [0.3, 0.4) is 0 Å². The number of aliphatic hydroxyl groups excluding tert-OH is 1. The number of allylic oxidation sites excluding steroid dienone is 4. The van der Waals surface area contributed by atoms with Crippen LogP contribution in [0.25, 0.3) is 0 Å². The first-order valence-electron chi connectivity index (χ1n) is 5.07. The molecule has 1 nitrogen and oxygen atoms in total. The second kappa shape index (κ2) is 2.58. The predicted octanol–water partition coefficient (Wildman–Crippen LogP) is 1.91. The highest BCUT2D eigenvalue weighted by molar-refractivity contribution is 5.25. The van der Waals surface area contributed by atoms with Gasteiger partial charge in [0.1, 0.15) is 0 Å². The molecule has 0 spiro atoms. The van der Waals surface area contributed by atoms with Crippen LogP contribution in [-0.4, -0.2) is 11.2 Å². The molecule has 0 amide bonds. The van der Waals surface area contributed by atoms with Crippen LogP contribution in [-0.2, 0) is 0 Å². The SMILES string of the molecule is O[C@@H]1C=C[C@H]2CC=C[C@@H]1[C@H]1C=C[C@H]12. The van der Waals surface area contributed by atoms with E-state index < -0.39 is 0 Å². The molecule has 0 aromatic carbocycles. The fourth-order valence-electron chi connectivity index (χ4n) is 2.79. The Hall–Kier alpha value is -0.820. The molecular weight excluding hydrogens is 160 g/mol. The van der Waals surface area contributed by atoms with Crippen LogP contribution in [0.15, 0.2) is 36.5 Å². The molecule has 0 fully saturated rings. The third-order valence-corrected chi connectivity index (χ3v) is 3.66. The van der Waals surface area contributed by atoms with Crippen molar-refractivity contribution in [3.8, 4) is 0 Å². The molecule has 0 saturated carbocycles. The van der Waals surface area contributed by atoms with Crippen molar-refractivity contribution < 1.29 is 5.11 Å². The summed E-state index contributed by atoms with van der Waals surface area (Å²) in [5, 5.41) is 9.85. The van der Waals surface area contributed by atoms with Gasteiger partial charge in [0, 0.05) is 5.92 Å². The Balaban J connectivity index is 2.05. The quantitative estimate of drug-likeness (QED) is 0.556. The monoisotopic (exact) mass is 174 g/mol. The summed E-state index contributed by atoms with van der Waals surface area (Å²) in [4.78, 5) is 0. The van der Waals surface area contributed by atoms with Crippen molar-refractivity contribution in [2.75, 3.05) is 0 Å². The molecule has 68 valence electrons. The number of hydrogen-bond donors (Lipinski definition) is 1. The summed E-state index contributed by atoms with van der Waals surface area (Å²) in [7, 11) is 0. The van der Waals surface area contributed by atoms with E-state index in [1.54, 1.807) is 0 Å². The van der Waals surface area contributed by atoms with E-state index in [0.29, 0.717) is 23.7 Å². The zero-order valence-electron chi connectivity index (χ0n) is 7.51. The predicted molar refractivity (Wildman–Crippen MR) is 52.0 cm³/mol. The van der Waals surface area contributed by atoms with E-state index in [-0.39, 0.29) is 6.10 Å². The van der Waals surface area contributed by atoms with Crippen LogP contribution < -0.4 is 0 Å². The minimum absolute atomic E-state index is 0.265. The lowest BCUT2D eigenvalue weighted by molar-refractivity contribution is 0.135. The van der Waals surface area contributed by atoms with Gasteiger partial charge in [0.25, 0.3) is 0 Å². The van der Waals surface area contributed by atoms with Crippen molar-refractivity contribution in [2.45, 2.75) is 12.5 Å². The van der Waals surface area contributed by atoms with Gasteiger partial charge in [0.05, 0.1) is 6.10 Å². The van der Waals surface area contributed by atoms with Gasteiger partial charge in [-0.15, -0.1) is 0 Å². The molecule has 2 bridgehead atoms. The molecule has 3 aliphatic rings. The van der Waals surface area contributed by atoms with Crippen molar-refractivity contribution in [3.05, 3.63) is 36.5 Å². The summed E-state index contributed by atoms with van der Waals surface area (Å²) in [5.74, 6) is 2.24. The second-order valence-corrected chi connectivity index (χ2v) is 4.32. The van der Waals surface area contributed by atoms with Gasteiger partial charge in [-0.3, -0.25) is 0 Å². The van der Waals surface area contributed by atoms with Gasteiger partial charge >= 0.3 is 0 Å². The minimum Gasteiger partial charge on any atom is -0.388 e. The van der Waals surface area contributed by atoms with E-state index >= 15 is 0 Å². The molecule has 1 N–H and O–H groups in total. The lowest BCUT2D eigenvalue weighted by atomic mass is 9.69. The van der Waals surface area contributed by atoms with Gasteiger partial charge in [-0.25, -0.2) is 0 Å². The van der Waals surface area contributed by atoms with Crippen LogP contribution >= 0.6 is 0 Å². The molecule has 0 heterocycles. The fraction of sp³-hybridized carbons (Fsp3) is 0.500. The van der Waals surface area contributed by atoms with Crippen molar-refractivity contribution in [1.29, 1.82) is 0 Å². The summed E-state index contributed by atoms with van der Waals surface area (Å²) in [6.07, 6.45) is 14.1. The molecule has 0 aliphatic heterocycles. The van der Waals surface area contributed by atoms with Gasteiger partial charge in [-0.1, -0.05) is 36.5 Å². The number of rotatable bonds is 0. The lowest BCUT2D eigenvalue weighted by Crippen LogP contribution is -2.32. The first kappa shape index (κ1) is 7.57. The number of hydrogen-bond acceptors (Lipinski definition) is 1. The van der Waals surface area contributed by atoms with E-state index in [2.05, 4.69) is 30.4 Å². The average molecular weight is 174 g/mol. The van der Waals surface area contributed by atoms with E-state index in [1.165, 1.54) is 0 Å². The number of aliphatic hydroxyl groups is 1. The Bertz CT molecular complexity index is 300. The Morgan fingerprint density at radius 1 is 0.846 bits per heavy atom. The molecule has 0 radical (unpaired) electrons. The van der Waals surface area contributed by atoms with Gasteiger partial charge in [0.2, 0.25) is 0 Å². The molecule has 0 aromatic rings. The standard InChI is InChI=1S/C12H14O/c13-12-7-4-8-2-1-3-11(12)10-6-5-9(8)10/h1,3-13H,2H2/t8-,9+,10+,11-,12-/m1/s1. The van der Waals surface area contributed by atoms with Crippen molar-refractivity contribution in [1.82, 2.24) is 0 Å². The molecular formula is C12H14O. The third-order valence-electron chi connectivity index (χ3n) is 3.66. The summed E-state index contributed by atoms with van der Waals surface area (Å²) < 4.78 is 0. The molecule has 0 unspecified atom stereocenters. The summed E-state index contributed by atoms with van der Waals surface area (Å²) in [5.41, 5.74) is 0. The molecule has 13 heavy (non-hydrogen) atoms. The molecule has 1 heteroatoms. The van der Waals surface area contributed by atoms with E-state index in [0.717, 1.165) is 6.42 Å². The van der Waals surface area contributed by atoms with E-state index in [9.17, 15) is 5.11 Å². The van der Waals surface area contributed by atoms with Gasteiger partial charge in [-0.2, -0.15) is 0 Å². The highest BCUT2D eigenvalue weighted by Crippen LogP contribution is 2.45. The van der Waals surface area contributed by atoms with Gasteiger partial charge in [0.15, 0.2) is 0 Å². The maximum Gasteiger partial charge on any atom is 0.0789 e. The summed E-state index contributed by atoms with van der Waals surface area (Å²) in [6.45, 7) is 0. The fourth-order valence-corrected chi connectivity index (χ4v) is 2.79. The molecule has 3 rings (SSSR count). The van der Waals surface area contributed by atoms with Gasteiger partial charge in [-0.05, 0) is 24.2 Å².